The van der Waals surface area contributed by atoms with Gasteiger partial charge in [-0.25, -0.2) is 17.5 Å². The number of fused-ring (bicyclic) bond motifs is 1. The molecule has 1 N–H and O–H groups in total. The standard InChI is InChI=1S/C13H13NO5S/c1-2-7-5-10(7)14-12(15)9-4-3-8(13(16)17)6-11(9)20(14,18)19/h3-4,6-7,10H,2,5H2,1H3,(H,16,17). The van der Waals surface area contributed by atoms with Crippen LogP contribution in [0.5, 0.6) is 0 Å². The normalized spacial score (nSPS) is 26.4. The van der Waals surface area contributed by atoms with Crippen LogP contribution in [0.15, 0.2) is 23.1 Å². The topological polar surface area (TPSA) is 91.8 Å². The quantitative estimate of drug-likeness (QED) is 0.908. The molecule has 0 bridgehead atoms. The van der Waals surface area contributed by atoms with E-state index in [9.17, 15) is 18.0 Å². The zero-order valence-electron chi connectivity index (χ0n) is 10.7. The van der Waals surface area contributed by atoms with Crippen LogP contribution in [0, 0.1) is 5.92 Å². The number of carboxylic acids is 1. The summed E-state index contributed by atoms with van der Waals surface area (Å²) in [5.74, 6) is -1.55. The Kier molecular flexibility index (Phi) is 2.66. The minimum absolute atomic E-state index is 0.0664. The van der Waals surface area contributed by atoms with Gasteiger partial charge in [0, 0.05) is 0 Å². The van der Waals surface area contributed by atoms with Crippen molar-refractivity contribution in [2.45, 2.75) is 30.7 Å². The van der Waals surface area contributed by atoms with Crippen LogP contribution in [0.2, 0.25) is 0 Å². The second kappa shape index (κ2) is 4.05. The zero-order chi connectivity index (χ0) is 14.7. The molecule has 1 aromatic rings. The second-order valence-corrected chi connectivity index (χ2v) is 6.88. The van der Waals surface area contributed by atoms with Crippen LogP contribution >= 0.6 is 0 Å². The summed E-state index contributed by atoms with van der Waals surface area (Å²) in [5.41, 5.74) is -0.0680. The number of carboxylic acid groups (broad SMARTS) is 1. The van der Waals surface area contributed by atoms with Gasteiger partial charge in [-0.1, -0.05) is 13.3 Å². The Balaban J connectivity index is 2.09. The van der Waals surface area contributed by atoms with Crippen LogP contribution in [0.4, 0.5) is 0 Å². The number of hydrogen-bond donors (Lipinski definition) is 1. The summed E-state index contributed by atoms with van der Waals surface area (Å²) >= 11 is 0. The molecule has 1 saturated carbocycles. The van der Waals surface area contributed by atoms with Gasteiger partial charge in [0.15, 0.2) is 0 Å². The van der Waals surface area contributed by atoms with E-state index in [1.165, 1.54) is 12.1 Å². The highest BCUT2D eigenvalue weighted by atomic mass is 32.2. The lowest BCUT2D eigenvalue weighted by atomic mass is 10.1. The Labute approximate surface area is 116 Å². The Morgan fingerprint density at radius 3 is 2.70 bits per heavy atom. The van der Waals surface area contributed by atoms with Gasteiger partial charge in [-0.05, 0) is 30.5 Å². The number of aromatic carboxylic acids is 1. The molecule has 6 nitrogen and oxygen atoms in total. The highest BCUT2D eigenvalue weighted by Gasteiger charge is 2.53. The van der Waals surface area contributed by atoms with Crippen molar-refractivity contribution in [3.63, 3.8) is 0 Å². The van der Waals surface area contributed by atoms with Crippen LogP contribution in [0.3, 0.4) is 0 Å². The molecule has 0 aromatic heterocycles. The van der Waals surface area contributed by atoms with Gasteiger partial charge in [-0.15, -0.1) is 0 Å². The lowest BCUT2D eigenvalue weighted by molar-refractivity contribution is 0.0695. The van der Waals surface area contributed by atoms with Gasteiger partial charge < -0.3 is 5.11 Å². The highest BCUT2D eigenvalue weighted by molar-refractivity contribution is 7.90. The summed E-state index contributed by atoms with van der Waals surface area (Å²) in [6.45, 7) is 1.95. The third kappa shape index (κ3) is 1.66. The van der Waals surface area contributed by atoms with Crippen molar-refractivity contribution in [1.29, 1.82) is 0 Å². The average molecular weight is 295 g/mol. The number of rotatable bonds is 3. The largest absolute Gasteiger partial charge is 0.478 e. The average Bonchev–Trinajstić information content (AvgIpc) is 3.13. The van der Waals surface area contributed by atoms with Gasteiger partial charge in [0.2, 0.25) is 0 Å². The molecule has 2 aliphatic rings. The summed E-state index contributed by atoms with van der Waals surface area (Å²) in [7, 11) is -3.91. The number of carbonyl (C=O) groups excluding carboxylic acids is 1. The van der Waals surface area contributed by atoms with Crippen molar-refractivity contribution in [2.75, 3.05) is 0 Å². The third-order valence-corrected chi connectivity index (χ3v) is 5.75. The number of nitrogens with zero attached hydrogens (tertiary/aromatic N) is 1. The van der Waals surface area contributed by atoms with Gasteiger partial charge >= 0.3 is 5.97 Å². The third-order valence-electron chi connectivity index (χ3n) is 3.91. The number of hydrogen-bond acceptors (Lipinski definition) is 4. The molecular weight excluding hydrogens is 282 g/mol. The number of sulfonamides is 1. The smallest absolute Gasteiger partial charge is 0.335 e. The molecular formula is C13H13NO5S. The molecule has 0 saturated heterocycles. The van der Waals surface area contributed by atoms with Crippen LogP contribution in [0.25, 0.3) is 0 Å². The summed E-state index contributed by atoms with van der Waals surface area (Å²) in [4.78, 5) is 23.0. The Morgan fingerprint density at radius 2 is 2.15 bits per heavy atom. The molecule has 2 atom stereocenters. The van der Waals surface area contributed by atoms with Crippen molar-refractivity contribution >= 4 is 21.9 Å². The number of amides is 1. The molecule has 1 aliphatic heterocycles. The van der Waals surface area contributed by atoms with E-state index < -0.39 is 21.9 Å². The fourth-order valence-corrected chi connectivity index (χ4v) is 4.52. The lowest BCUT2D eigenvalue weighted by Crippen LogP contribution is -2.33. The molecule has 2 unspecified atom stereocenters. The van der Waals surface area contributed by atoms with E-state index in [-0.39, 0.29) is 28.0 Å². The molecule has 1 heterocycles. The van der Waals surface area contributed by atoms with Gasteiger partial charge in [-0.3, -0.25) is 4.79 Å². The molecule has 3 rings (SSSR count). The van der Waals surface area contributed by atoms with Crippen LogP contribution in [-0.4, -0.2) is 35.7 Å². The van der Waals surface area contributed by atoms with Gasteiger partial charge in [0.1, 0.15) is 4.90 Å². The molecule has 0 radical (unpaired) electrons. The van der Waals surface area contributed by atoms with Crippen molar-refractivity contribution < 1.29 is 23.1 Å². The van der Waals surface area contributed by atoms with Gasteiger partial charge in [-0.2, -0.15) is 0 Å². The molecule has 1 fully saturated rings. The van der Waals surface area contributed by atoms with Gasteiger partial charge in [0.05, 0.1) is 17.2 Å². The predicted octanol–water partition coefficient (Wildman–Crippen LogP) is 1.33. The maximum absolute atomic E-state index is 12.4. The highest BCUT2D eigenvalue weighted by Crippen LogP contribution is 2.45. The summed E-state index contributed by atoms with van der Waals surface area (Å²) in [6, 6.07) is 3.32. The van der Waals surface area contributed by atoms with Crippen molar-refractivity contribution in [3.8, 4) is 0 Å². The minimum Gasteiger partial charge on any atom is -0.478 e. The zero-order valence-corrected chi connectivity index (χ0v) is 11.6. The Morgan fingerprint density at radius 1 is 1.45 bits per heavy atom. The molecule has 7 heteroatoms. The van der Waals surface area contributed by atoms with E-state index in [1.54, 1.807) is 0 Å². The number of carbonyl (C=O) groups is 2. The van der Waals surface area contributed by atoms with E-state index in [0.717, 1.165) is 16.8 Å². The van der Waals surface area contributed by atoms with E-state index in [1.807, 2.05) is 6.92 Å². The lowest BCUT2D eigenvalue weighted by Gasteiger charge is -2.14. The molecule has 20 heavy (non-hydrogen) atoms. The molecule has 1 amide bonds. The maximum atomic E-state index is 12.4. The first-order valence-electron chi connectivity index (χ1n) is 6.34. The molecule has 106 valence electrons. The summed E-state index contributed by atoms with van der Waals surface area (Å²) < 4.78 is 25.8. The van der Waals surface area contributed by atoms with Gasteiger partial charge in [0.25, 0.3) is 15.9 Å². The van der Waals surface area contributed by atoms with E-state index in [2.05, 4.69) is 0 Å². The summed E-state index contributed by atoms with van der Waals surface area (Å²) in [6.07, 6.45) is 1.50. The monoisotopic (exact) mass is 295 g/mol. The van der Waals surface area contributed by atoms with E-state index >= 15 is 0 Å². The first-order chi connectivity index (χ1) is 9.37. The number of benzene rings is 1. The molecule has 1 aliphatic carbocycles. The predicted molar refractivity (Wildman–Crippen MR) is 68.9 cm³/mol. The second-order valence-electron chi connectivity index (χ2n) is 5.09. The SMILES string of the molecule is CCC1CC1N1C(=O)c2ccc(C(=O)O)cc2S1(=O)=O. The molecule has 0 spiro atoms. The first kappa shape index (κ1) is 13.1. The fraction of sp³-hybridized carbons (Fsp3) is 0.385. The van der Waals surface area contributed by atoms with E-state index in [4.69, 9.17) is 5.11 Å². The van der Waals surface area contributed by atoms with Crippen molar-refractivity contribution in [1.82, 2.24) is 4.31 Å². The van der Waals surface area contributed by atoms with Crippen molar-refractivity contribution in [2.24, 2.45) is 5.92 Å². The maximum Gasteiger partial charge on any atom is 0.335 e. The Hall–Kier alpha value is -1.89. The fourth-order valence-electron chi connectivity index (χ4n) is 2.67. The minimum atomic E-state index is -3.91. The summed E-state index contributed by atoms with van der Waals surface area (Å²) in [5, 5.41) is 8.93. The first-order valence-corrected chi connectivity index (χ1v) is 7.78. The van der Waals surface area contributed by atoms with Crippen molar-refractivity contribution in [3.05, 3.63) is 29.3 Å². The van der Waals surface area contributed by atoms with Crippen LogP contribution < -0.4 is 0 Å². The van der Waals surface area contributed by atoms with Crippen LogP contribution in [-0.2, 0) is 10.0 Å². The van der Waals surface area contributed by atoms with E-state index in [0.29, 0.717) is 6.42 Å². The molecule has 1 aromatic carbocycles. The Bertz CT molecular complexity index is 724. The van der Waals surface area contributed by atoms with Crippen LogP contribution in [0.1, 0.15) is 40.5 Å².